The van der Waals surface area contributed by atoms with Gasteiger partial charge in [0.25, 0.3) is 0 Å². The second-order valence-electron chi connectivity index (χ2n) is 22.4. The van der Waals surface area contributed by atoms with Crippen LogP contribution in [0.4, 0.5) is 0 Å². The summed E-state index contributed by atoms with van der Waals surface area (Å²) in [6.07, 6.45) is 34.9. The van der Waals surface area contributed by atoms with Gasteiger partial charge < -0.3 is 92.2 Å². The van der Waals surface area contributed by atoms with Crippen molar-refractivity contribution in [3.63, 3.8) is 0 Å². The summed E-state index contributed by atoms with van der Waals surface area (Å²) in [6.45, 7) is 19.8. The van der Waals surface area contributed by atoms with Crippen molar-refractivity contribution in [1.82, 2.24) is 0 Å². The van der Waals surface area contributed by atoms with Crippen molar-refractivity contribution in [1.29, 1.82) is 0 Å². The van der Waals surface area contributed by atoms with Gasteiger partial charge in [-0.15, -0.1) is 26.2 Å². The maximum Gasteiger partial charge on any atom is 4.00 e. The van der Waals surface area contributed by atoms with Crippen molar-refractivity contribution in [3.05, 3.63) is 92.2 Å². The van der Waals surface area contributed by atoms with Crippen LogP contribution >= 0.6 is 0 Å². The zero-order chi connectivity index (χ0) is 57.4. The Balaban J connectivity index is -0.0000000530. The molecule has 0 spiro atoms. The van der Waals surface area contributed by atoms with Crippen LogP contribution in [0.3, 0.4) is 0 Å². The van der Waals surface area contributed by atoms with Gasteiger partial charge >= 0.3 is 105 Å². The molecule has 0 radical (unpaired) electrons. The average Bonchev–Trinajstić information content (AvgIpc) is 4.24. The zero-order valence-electron chi connectivity index (χ0n) is 60.3. The van der Waals surface area contributed by atoms with Crippen molar-refractivity contribution >= 4 is 35.1 Å². The summed E-state index contributed by atoms with van der Waals surface area (Å²) in [5.41, 5.74) is 0. The number of rotatable bonds is 17. The van der Waals surface area contributed by atoms with Crippen LogP contribution in [0.25, 0.3) is 62.5 Å². The van der Waals surface area contributed by atoms with Crippen LogP contribution in [0.2, 0.25) is 56.9 Å². The van der Waals surface area contributed by atoms with E-state index in [-0.39, 0.29) is 144 Å². The summed E-state index contributed by atoms with van der Waals surface area (Å²) in [7, 11) is 24.1. The van der Waals surface area contributed by atoms with E-state index in [0.29, 0.717) is 0 Å². The van der Waals surface area contributed by atoms with Crippen molar-refractivity contribution < 1.29 is 105 Å². The fourth-order valence-electron chi connectivity index (χ4n) is 9.23. The quantitative estimate of drug-likeness (QED) is 0.0768. The largest absolute Gasteiger partial charge is 4.00 e. The molecule has 2 aliphatic heterocycles. The van der Waals surface area contributed by atoms with Gasteiger partial charge in [-0.3, -0.25) is 0 Å². The Bertz CT molecular complexity index is 916. The molecule has 20 heteroatoms. The van der Waals surface area contributed by atoms with Crippen LogP contribution in [-0.4, -0.2) is 174 Å². The van der Waals surface area contributed by atoms with Crippen LogP contribution in [0.5, 0.6) is 0 Å². The number of hydrogen-bond donors (Lipinski definition) is 0. The van der Waals surface area contributed by atoms with Crippen molar-refractivity contribution in [3.8, 4) is 0 Å². The molecule has 2 saturated heterocycles. The van der Waals surface area contributed by atoms with Crippen LogP contribution in [0.15, 0.2) is 0 Å². The van der Waals surface area contributed by atoms with E-state index in [1.807, 2.05) is 21.1 Å². The molecule has 82 heavy (non-hydrogen) atoms. The number of hydrogen-bond acceptors (Lipinski definition) is 0. The predicted octanol–water partition coefficient (Wildman–Crippen LogP) is 20.8. The fraction of sp³-hybridized carbons (Fsp3) is 0.935. The van der Waals surface area contributed by atoms with Gasteiger partial charge in [-0.25, -0.2) is 0 Å². The average molecular weight is 1540 g/mol. The molecule has 1 unspecified atom stereocenters. The van der Waals surface area contributed by atoms with Gasteiger partial charge in [0.2, 0.25) is 0 Å². The van der Waals surface area contributed by atoms with Gasteiger partial charge in [0.15, 0.2) is 0 Å². The Morgan fingerprint density at radius 2 is 0.720 bits per heavy atom. The van der Waals surface area contributed by atoms with Crippen molar-refractivity contribution in [2.75, 3.05) is 138 Å². The molecular formula is C62H148N12Si4Zr4. The normalized spacial score (nSPS) is 15.9. The van der Waals surface area contributed by atoms with Gasteiger partial charge in [-0.2, -0.15) is 112 Å². The smallest absolute Gasteiger partial charge is 0.672 e. The minimum Gasteiger partial charge on any atom is -0.672 e. The minimum absolute atomic E-state index is 0. The summed E-state index contributed by atoms with van der Waals surface area (Å²) in [5.74, 6) is 4.25. The third-order valence-electron chi connectivity index (χ3n) is 13.4. The summed E-state index contributed by atoms with van der Waals surface area (Å²) in [5, 5.41) is 29.2. The molecule has 6 aliphatic rings. The molecule has 12 nitrogen and oxygen atoms in total. The standard InChI is InChI=1S/C11H24NSi.C10H22NSi.C9H20NSi.C8H18NSi.2C4H8N.6C2H6N.4CH3.4Zr/c1-4-9-12-13(2,3)10-11-7-5-6-8-11;1-11-12(2,3)9-8-10-6-4-5-7-10;1-10-11(2)8-7-9-5-3-4-6-9;1-9-10-7-6-8-4-2-3-5-8;2*1-2-4-5-3-1;6*1-3-2;;;;;;;;/h11H,4-10H2,1-3H3;10H,4-9H2,1-3H3;9,11H,3-8H2,1-2H3;8H,2-7,10H2,1H3;2*1-4H2;6*1-2H3;4*1H3;;;;/q16*-1;4*+4. The van der Waals surface area contributed by atoms with Crippen LogP contribution < -0.4 is 0 Å². The maximum absolute atomic E-state index is 4.88. The van der Waals surface area contributed by atoms with Crippen LogP contribution in [0, 0.1) is 53.4 Å². The Hall–Kier alpha value is 3.92. The minimum atomic E-state index is -1.16. The maximum atomic E-state index is 4.88. The van der Waals surface area contributed by atoms with Crippen molar-refractivity contribution in [2.45, 2.75) is 218 Å². The van der Waals surface area contributed by atoms with Gasteiger partial charge in [0.1, 0.15) is 0 Å². The molecule has 2 heterocycles. The summed E-state index contributed by atoms with van der Waals surface area (Å²) >= 11 is 0. The molecule has 0 aromatic rings. The summed E-state index contributed by atoms with van der Waals surface area (Å²) < 4.78 is 0. The van der Waals surface area contributed by atoms with E-state index in [9.17, 15) is 0 Å². The Labute approximate surface area is 605 Å². The molecule has 0 aromatic carbocycles. The van der Waals surface area contributed by atoms with Crippen LogP contribution in [-0.2, 0) is 105 Å². The monoisotopic (exact) mass is 1530 g/mol. The Morgan fingerprint density at radius 1 is 0.427 bits per heavy atom. The first-order valence-corrected chi connectivity index (χ1v) is 40.5. The molecule has 0 bridgehead atoms. The first-order valence-electron chi connectivity index (χ1n) is 30.1. The van der Waals surface area contributed by atoms with E-state index in [4.69, 9.17) is 4.98 Å². The molecule has 0 amide bonds. The van der Waals surface area contributed by atoms with Gasteiger partial charge in [0, 0.05) is 0 Å². The van der Waals surface area contributed by atoms with Crippen molar-refractivity contribution in [2.24, 2.45) is 23.7 Å². The molecule has 4 saturated carbocycles. The molecule has 4 aliphatic carbocycles. The second-order valence-corrected chi connectivity index (χ2v) is 35.9. The third kappa shape index (κ3) is 109. The zero-order valence-corrected chi connectivity index (χ0v) is 74.7. The van der Waals surface area contributed by atoms with E-state index in [1.54, 1.807) is 84.6 Å². The Morgan fingerprint density at radius 3 is 0.976 bits per heavy atom. The molecule has 6 rings (SSSR count). The molecule has 6 fully saturated rings. The molecule has 1 atom stereocenters. The SMILES string of the molecule is C1CC[N-]C1.C1CC[N-]C1.CCC[N-][Si](C)(C)CC1CCCC1.C[N-]C.C[N-]C.C[N-]C.C[N-]C.C[N-]C.C[N-]C.C[N-][SiH2]CCC1CCCC1.C[N-][SiH](C)CCC1CCCC1.C[N-][Si](C)(C)CCC1CCCC1.[CH3-].[CH3-].[CH3-].[CH3-].[Zr+4].[Zr+4].[Zr+4].[Zr+4]. The van der Waals surface area contributed by atoms with Gasteiger partial charge in [-0.1, -0.05) is 253 Å². The molecule has 488 valence electrons. The first kappa shape index (κ1) is 120. The number of nitrogens with zero attached hydrogens (tertiary/aromatic N) is 12. The predicted molar refractivity (Wildman–Crippen MR) is 385 cm³/mol. The van der Waals surface area contributed by atoms with E-state index < -0.39 is 25.4 Å². The third-order valence-corrected chi connectivity index (χ3v) is 22.0. The van der Waals surface area contributed by atoms with E-state index in [2.05, 4.69) is 97.1 Å². The topological polar surface area (TPSA) is 169 Å². The Kier molecular flexibility index (Phi) is 148. The van der Waals surface area contributed by atoms with E-state index >= 15 is 0 Å². The fourth-order valence-corrected chi connectivity index (χ4v) is 15.6. The van der Waals surface area contributed by atoms with E-state index in [1.165, 1.54) is 178 Å². The van der Waals surface area contributed by atoms with Gasteiger partial charge in [-0.05, 0) is 23.7 Å². The summed E-state index contributed by atoms with van der Waals surface area (Å²) in [6, 6.07) is 5.77. The van der Waals surface area contributed by atoms with Gasteiger partial charge in [0.05, 0.1) is 0 Å². The molecule has 0 N–H and O–H groups in total. The second kappa shape index (κ2) is 101. The summed E-state index contributed by atoms with van der Waals surface area (Å²) in [4.78, 5) is 18.0. The molecular weight excluding hydrogens is 1390 g/mol. The van der Waals surface area contributed by atoms with E-state index in [0.717, 1.165) is 56.4 Å². The molecule has 0 aromatic heterocycles. The van der Waals surface area contributed by atoms with Crippen LogP contribution in [0.1, 0.15) is 161 Å². The first-order chi connectivity index (χ1) is 35.5.